The molecular weight excluding hydrogens is 273 g/mol. The standard InChI is InChI=1S/C13H17F3N2O2/c14-13(15,16)9-18(8-11-4-2-6-20-11)12(19)10-3-1-5-17-7-10/h2,4,6,10,17H,1,3,5,7-9H2/t10-/m1/s1. The molecule has 0 unspecified atom stereocenters. The maximum absolute atomic E-state index is 12.6. The highest BCUT2D eigenvalue weighted by molar-refractivity contribution is 5.79. The first kappa shape index (κ1) is 14.9. The quantitative estimate of drug-likeness (QED) is 0.924. The lowest BCUT2D eigenvalue weighted by atomic mass is 9.98. The maximum atomic E-state index is 12.6. The number of amides is 1. The average Bonchev–Trinajstić information content (AvgIpc) is 2.89. The van der Waals surface area contributed by atoms with Gasteiger partial charge in [-0.1, -0.05) is 0 Å². The van der Waals surface area contributed by atoms with E-state index in [4.69, 9.17) is 4.42 Å². The minimum absolute atomic E-state index is 0.151. The van der Waals surface area contributed by atoms with E-state index in [1.54, 1.807) is 12.1 Å². The second kappa shape index (κ2) is 6.30. The molecule has 1 atom stereocenters. The fourth-order valence-corrected chi connectivity index (χ4v) is 2.34. The van der Waals surface area contributed by atoms with Crippen molar-refractivity contribution >= 4 is 5.91 Å². The number of halogens is 3. The third-order valence-corrected chi connectivity index (χ3v) is 3.25. The highest BCUT2D eigenvalue weighted by Gasteiger charge is 2.36. The van der Waals surface area contributed by atoms with Gasteiger partial charge >= 0.3 is 6.18 Å². The van der Waals surface area contributed by atoms with Crippen LogP contribution >= 0.6 is 0 Å². The molecule has 0 aromatic carbocycles. The number of nitrogens with one attached hydrogen (secondary N) is 1. The highest BCUT2D eigenvalue weighted by atomic mass is 19.4. The molecule has 0 spiro atoms. The minimum atomic E-state index is -4.41. The summed E-state index contributed by atoms with van der Waals surface area (Å²) in [5.74, 6) is -0.502. The van der Waals surface area contributed by atoms with Gasteiger partial charge in [-0.25, -0.2) is 0 Å². The van der Waals surface area contributed by atoms with Crippen LogP contribution in [0.25, 0.3) is 0 Å². The third kappa shape index (κ3) is 4.26. The van der Waals surface area contributed by atoms with Gasteiger partial charge < -0.3 is 14.6 Å². The molecule has 1 aromatic heterocycles. The Morgan fingerprint density at radius 2 is 2.30 bits per heavy atom. The van der Waals surface area contributed by atoms with Crippen molar-refractivity contribution in [2.24, 2.45) is 5.92 Å². The summed E-state index contributed by atoms with van der Waals surface area (Å²) >= 11 is 0. The van der Waals surface area contributed by atoms with E-state index in [1.807, 2.05) is 0 Å². The van der Waals surface area contributed by atoms with Crippen molar-refractivity contribution < 1.29 is 22.4 Å². The highest BCUT2D eigenvalue weighted by Crippen LogP contribution is 2.22. The van der Waals surface area contributed by atoms with Crippen LogP contribution in [0.2, 0.25) is 0 Å². The van der Waals surface area contributed by atoms with Gasteiger partial charge in [-0.05, 0) is 31.5 Å². The molecular formula is C13H17F3N2O2. The zero-order valence-electron chi connectivity index (χ0n) is 10.9. The summed E-state index contributed by atoms with van der Waals surface area (Å²) in [6.07, 6.45) is -1.60. The average molecular weight is 290 g/mol. The molecule has 7 heteroatoms. The summed E-state index contributed by atoms with van der Waals surface area (Å²) in [5.41, 5.74) is 0. The second-order valence-electron chi connectivity index (χ2n) is 4.93. The Bertz CT molecular complexity index is 425. The fraction of sp³-hybridized carbons (Fsp3) is 0.615. The number of piperidine rings is 1. The molecule has 1 fully saturated rings. The van der Waals surface area contributed by atoms with Gasteiger partial charge in [0.15, 0.2) is 0 Å². The van der Waals surface area contributed by atoms with Crippen LogP contribution in [0.15, 0.2) is 22.8 Å². The van der Waals surface area contributed by atoms with E-state index in [1.165, 1.54) is 6.26 Å². The molecule has 1 saturated heterocycles. The first-order valence-electron chi connectivity index (χ1n) is 6.54. The van der Waals surface area contributed by atoms with Crippen LogP contribution < -0.4 is 5.32 Å². The van der Waals surface area contributed by atoms with Crippen LogP contribution in [-0.2, 0) is 11.3 Å². The fourth-order valence-electron chi connectivity index (χ4n) is 2.34. The molecule has 0 aliphatic carbocycles. The van der Waals surface area contributed by atoms with Crippen LogP contribution in [-0.4, -0.2) is 36.6 Å². The summed E-state index contributed by atoms with van der Waals surface area (Å²) in [7, 11) is 0. The largest absolute Gasteiger partial charge is 0.467 e. The number of carbonyl (C=O) groups is 1. The van der Waals surface area contributed by atoms with Crippen molar-refractivity contribution in [2.75, 3.05) is 19.6 Å². The van der Waals surface area contributed by atoms with Gasteiger partial charge in [0.1, 0.15) is 12.3 Å². The number of hydrogen-bond acceptors (Lipinski definition) is 3. The molecule has 1 aliphatic heterocycles. The molecule has 1 amide bonds. The third-order valence-electron chi connectivity index (χ3n) is 3.25. The summed E-state index contributed by atoms with van der Waals surface area (Å²) in [6, 6.07) is 3.16. The lowest BCUT2D eigenvalue weighted by Crippen LogP contribution is -2.45. The van der Waals surface area contributed by atoms with Gasteiger partial charge in [0.05, 0.1) is 18.7 Å². The van der Waals surface area contributed by atoms with Gasteiger partial charge in [-0.15, -0.1) is 0 Å². The molecule has 0 radical (unpaired) electrons. The summed E-state index contributed by atoms with van der Waals surface area (Å²) < 4.78 is 42.9. The molecule has 0 saturated carbocycles. The van der Waals surface area contributed by atoms with E-state index in [2.05, 4.69) is 5.32 Å². The molecule has 2 heterocycles. The Balaban J connectivity index is 2.06. The van der Waals surface area contributed by atoms with Crippen molar-refractivity contribution in [3.63, 3.8) is 0 Å². The number of hydrogen-bond donors (Lipinski definition) is 1. The molecule has 1 aliphatic rings. The molecule has 1 aromatic rings. The van der Waals surface area contributed by atoms with E-state index in [0.29, 0.717) is 18.7 Å². The van der Waals surface area contributed by atoms with Crippen molar-refractivity contribution in [3.05, 3.63) is 24.2 Å². The van der Waals surface area contributed by atoms with Crippen molar-refractivity contribution in [2.45, 2.75) is 25.6 Å². The lowest BCUT2D eigenvalue weighted by molar-refractivity contribution is -0.165. The number of furan rings is 1. The van der Waals surface area contributed by atoms with Gasteiger partial charge in [-0.2, -0.15) is 13.2 Å². The zero-order chi connectivity index (χ0) is 14.6. The van der Waals surface area contributed by atoms with Crippen LogP contribution in [0.1, 0.15) is 18.6 Å². The summed E-state index contributed by atoms with van der Waals surface area (Å²) in [6.45, 7) is -0.155. The van der Waals surface area contributed by atoms with Crippen molar-refractivity contribution in [1.29, 1.82) is 0 Å². The molecule has 2 rings (SSSR count). The molecule has 1 N–H and O–H groups in total. The maximum Gasteiger partial charge on any atom is 0.406 e. The molecule has 112 valence electrons. The predicted molar refractivity (Wildman–Crippen MR) is 65.8 cm³/mol. The normalized spacial score (nSPS) is 19.9. The second-order valence-corrected chi connectivity index (χ2v) is 4.93. The Kier molecular flexibility index (Phi) is 4.69. The molecule has 20 heavy (non-hydrogen) atoms. The SMILES string of the molecule is O=C([C@@H]1CCCNC1)N(Cc1ccco1)CC(F)(F)F. The van der Waals surface area contributed by atoms with Gasteiger partial charge in [-0.3, -0.25) is 4.79 Å². The van der Waals surface area contributed by atoms with E-state index in [9.17, 15) is 18.0 Å². The Morgan fingerprint density at radius 3 is 2.85 bits per heavy atom. The van der Waals surface area contributed by atoms with Gasteiger partial charge in [0.25, 0.3) is 0 Å². The van der Waals surface area contributed by atoms with Crippen molar-refractivity contribution in [3.8, 4) is 0 Å². The monoisotopic (exact) mass is 290 g/mol. The first-order chi connectivity index (χ1) is 9.46. The summed E-state index contributed by atoms with van der Waals surface area (Å²) in [5, 5.41) is 3.04. The summed E-state index contributed by atoms with van der Waals surface area (Å²) in [4.78, 5) is 13.1. The van der Waals surface area contributed by atoms with Crippen molar-refractivity contribution in [1.82, 2.24) is 10.2 Å². The van der Waals surface area contributed by atoms with Crippen LogP contribution in [0.5, 0.6) is 0 Å². The number of rotatable bonds is 4. The van der Waals surface area contributed by atoms with Crippen LogP contribution in [0.4, 0.5) is 13.2 Å². The van der Waals surface area contributed by atoms with E-state index in [-0.39, 0.29) is 12.5 Å². The van der Waals surface area contributed by atoms with E-state index in [0.717, 1.165) is 17.9 Å². The van der Waals surface area contributed by atoms with E-state index >= 15 is 0 Å². The Labute approximate surface area is 114 Å². The van der Waals surface area contributed by atoms with E-state index < -0.39 is 18.6 Å². The topological polar surface area (TPSA) is 45.5 Å². The Hall–Kier alpha value is -1.50. The number of carbonyl (C=O) groups excluding carboxylic acids is 1. The Morgan fingerprint density at radius 1 is 1.50 bits per heavy atom. The minimum Gasteiger partial charge on any atom is -0.467 e. The number of nitrogens with zero attached hydrogens (tertiary/aromatic N) is 1. The molecule has 4 nitrogen and oxygen atoms in total. The van der Waals surface area contributed by atoms with Gasteiger partial charge in [0.2, 0.25) is 5.91 Å². The lowest BCUT2D eigenvalue weighted by Gasteiger charge is -2.29. The molecule has 0 bridgehead atoms. The zero-order valence-corrected chi connectivity index (χ0v) is 10.9. The first-order valence-corrected chi connectivity index (χ1v) is 6.54. The number of alkyl halides is 3. The smallest absolute Gasteiger partial charge is 0.406 e. The van der Waals surface area contributed by atoms with Crippen LogP contribution in [0, 0.1) is 5.92 Å². The van der Waals surface area contributed by atoms with Gasteiger partial charge in [0, 0.05) is 6.54 Å². The predicted octanol–water partition coefficient (Wildman–Crippen LogP) is 2.17. The van der Waals surface area contributed by atoms with Crippen LogP contribution in [0.3, 0.4) is 0 Å².